The van der Waals surface area contributed by atoms with E-state index in [1.807, 2.05) is 20.8 Å². The fraction of sp³-hybridized carbons (Fsp3) is 0.636. The highest BCUT2D eigenvalue weighted by atomic mass is 32.2. The molecule has 0 radical (unpaired) electrons. The topological polar surface area (TPSA) is 101 Å². The van der Waals surface area contributed by atoms with Gasteiger partial charge in [-0.2, -0.15) is 5.10 Å². The Morgan fingerprint density at radius 2 is 2.05 bits per heavy atom. The number of hydrogen-bond donors (Lipinski definition) is 2. The predicted octanol–water partition coefficient (Wildman–Crippen LogP) is 1.01. The van der Waals surface area contributed by atoms with Crippen LogP contribution in [0.1, 0.15) is 33.4 Å². The van der Waals surface area contributed by atoms with Gasteiger partial charge in [-0.3, -0.25) is 14.6 Å². The minimum Gasteiger partial charge on any atom is -0.468 e. The lowest BCUT2D eigenvalue weighted by atomic mass is 9.92. The lowest BCUT2D eigenvalue weighted by molar-refractivity contribution is -0.139. The molecule has 1 aromatic heterocycles. The summed E-state index contributed by atoms with van der Waals surface area (Å²) in [7, 11) is -2.72. The molecule has 8 heteroatoms. The Morgan fingerprint density at radius 1 is 1.47 bits per heavy atom. The highest BCUT2D eigenvalue weighted by Gasteiger charge is 2.30. The van der Waals surface area contributed by atoms with Crippen molar-refractivity contribution in [1.29, 1.82) is 0 Å². The smallest absolute Gasteiger partial charge is 0.325 e. The molecular weight excluding hydrogens is 270 g/mol. The molecule has 0 amide bonds. The number of hydrogen-bond acceptors (Lipinski definition) is 5. The van der Waals surface area contributed by atoms with Crippen LogP contribution in [0.5, 0.6) is 0 Å². The zero-order valence-electron chi connectivity index (χ0n) is 11.6. The lowest BCUT2D eigenvalue weighted by Crippen LogP contribution is -2.33. The Kier molecular flexibility index (Phi) is 4.24. The molecule has 19 heavy (non-hydrogen) atoms. The van der Waals surface area contributed by atoms with Crippen molar-refractivity contribution in [2.75, 3.05) is 11.8 Å². The summed E-state index contributed by atoms with van der Waals surface area (Å²) in [5.41, 5.74) is 0.612. The quantitative estimate of drug-likeness (QED) is 0.806. The average molecular weight is 289 g/mol. The van der Waals surface area contributed by atoms with Crippen LogP contribution in [0.2, 0.25) is 0 Å². The second-order valence-corrected chi connectivity index (χ2v) is 7.23. The van der Waals surface area contributed by atoms with E-state index < -0.39 is 21.2 Å². The Bertz CT molecular complexity index is 557. The molecule has 0 bridgehead atoms. The second-order valence-electron chi connectivity index (χ2n) is 5.23. The molecule has 0 aromatic carbocycles. The molecule has 0 saturated carbocycles. The molecule has 0 fully saturated rings. The third-order valence-electron chi connectivity index (χ3n) is 2.63. The Labute approximate surface area is 112 Å². The van der Waals surface area contributed by atoms with Gasteiger partial charge < -0.3 is 4.74 Å². The minimum atomic E-state index is -3.86. The normalized spacial score (nSPS) is 13.9. The molecule has 1 unspecified atom stereocenters. The van der Waals surface area contributed by atoms with Crippen molar-refractivity contribution in [3.8, 4) is 0 Å². The summed E-state index contributed by atoms with van der Waals surface area (Å²) in [6.45, 7) is 7.16. The minimum absolute atomic E-state index is 0.153. The van der Waals surface area contributed by atoms with Gasteiger partial charge in [0.1, 0.15) is 0 Å². The first-order chi connectivity index (χ1) is 8.58. The summed E-state index contributed by atoms with van der Waals surface area (Å²) >= 11 is 0. The third-order valence-corrected chi connectivity index (χ3v) is 4.25. The number of nitrogens with one attached hydrogen (secondary N) is 2. The van der Waals surface area contributed by atoms with Gasteiger partial charge in [-0.25, -0.2) is 8.42 Å². The Balaban J connectivity index is 2.91. The number of nitrogens with zero attached hydrogens (tertiary/aromatic N) is 1. The summed E-state index contributed by atoms with van der Waals surface area (Å²) in [5.74, 6) is -0.667. The number of carbonyl (C=O) groups is 1. The van der Waals surface area contributed by atoms with Crippen molar-refractivity contribution < 1.29 is 17.9 Å². The average Bonchev–Trinajstić information content (AvgIpc) is 2.74. The van der Waals surface area contributed by atoms with E-state index in [0.717, 1.165) is 12.8 Å². The van der Waals surface area contributed by atoms with E-state index in [0.29, 0.717) is 0 Å². The molecule has 0 spiro atoms. The highest BCUT2D eigenvalue weighted by Crippen LogP contribution is 2.22. The SMILES string of the molecule is COC(=O)C(C)S(=O)(=O)Nc1cc(C(C)(C)C)[nH]n1. The predicted molar refractivity (Wildman–Crippen MR) is 71.3 cm³/mol. The van der Waals surface area contributed by atoms with Crippen LogP contribution in [0.4, 0.5) is 5.82 Å². The van der Waals surface area contributed by atoms with Crippen LogP contribution < -0.4 is 4.72 Å². The van der Waals surface area contributed by atoms with Gasteiger partial charge in [-0.1, -0.05) is 20.8 Å². The molecule has 1 rings (SSSR count). The number of ether oxygens (including phenoxy) is 1. The zero-order chi connectivity index (χ0) is 14.8. The standard InChI is InChI=1S/C11H19N3O4S/c1-7(10(15)18-5)19(16,17)14-9-6-8(12-13-9)11(2,3)4/h6-7H,1-5H3,(H2,12,13,14). The van der Waals surface area contributed by atoms with Gasteiger partial charge in [0.05, 0.1) is 7.11 Å². The van der Waals surface area contributed by atoms with Gasteiger partial charge in [0.25, 0.3) is 0 Å². The van der Waals surface area contributed by atoms with Crippen LogP contribution >= 0.6 is 0 Å². The van der Waals surface area contributed by atoms with Gasteiger partial charge in [-0.15, -0.1) is 0 Å². The summed E-state index contributed by atoms with van der Waals surface area (Å²) in [6, 6.07) is 1.60. The van der Waals surface area contributed by atoms with E-state index in [1.54, 1.807) is 6.07 Å². The maximum atomic E-state index is 11.9. The molecule has 7 nitrogen and oxygen atoms in total. The van der Waals surface area contributed by atoms with Crippen molar-refractivity contribution in [1.82, 2.24) is 10.2 Å². The van der Waals surface area contributed by atoms with E-state index in [2.05, 4.69) is 19.7 Å². The largest absolute Gasteiger partial charge is 0.468 e. The third kappa shape index (κ3) is 3.69. The fourth-order valence-electron chi connectivity index (χ4n) is 1.29. The number of H-pyrrole nitrogens is 1. The summed E-state index contributed by atoms with van der Waals surface area (Å²) in [4.78, 5) is 11.2. The fourth-order valence-corrected chi connectivity index (χ4v) is 2.21. The van der Waals surface area contributed by atoms with Crippen molar-refractivity contribution in [2.45, 2.75) is 38.4 Å². The Hall–Kier alpha value is -1.57. The lowest BCUT2D eigenvalue weighted by Gasteiger charge is -2.14. The van der Waals surface area contributed by atoms with Crippen LogP contribution in [0.25, 0.3) is 0 Å². The number of carbonyl (C=O) groups excluding carboxylic acids is 1. The van der Waals surface area contributed by atoms with E-state index in [9.17, 15) is 13.2 Å². The van der Waals surface area contributed by atoms with Gasteiger partial charge in [0.2, 0.25) is 10.0 Å². The van der Waals surface area contributed by atoms with E-state index in [1.165, 1.54) is 6.92 Å². The first kappa shape index (κ1) is 15.5. The Morgan fingerprint density at radius 3 is 2.47 bits per heavy atom. The zero-order valence-corrected chi connectivity index (χ0v) is 12.5. The number of anilines is 1. The number of aromatic amines is 1. The van der Waals surface area contributed by atoms with Crippen LogP contribution in [-0.4, -0.2) is 36.9 Å². The monoisotopic (exact) mass is 289 g/mol. The second kappa shape index (κ2) is 5.20. The van der Waals surface area contributed by atoms with E-state index in [4.69, 9.17) is 0 Å². The van der Waals surface area contributed by atoms with Crippen molar-refractivity contribution in [3.05, 3.63) is 11.8 Å². The number of aromatic nitrogens is 2. The van der Waals surface area contributed by atoms with Crippen LogP contribution in [0.3, 0.4) is 0 Å². The first-order valence-electron chi connectivity index (χ1n) is 5.73. The number of rotatable bonds is 4. The molecule has 108 valence electrons. The van der Waals surface area contributed by atoms with E-state index in [-0.39, 0.29) is 11.2 Å². The van der Waals surface area contributed by atoms with Crippen LogP contribution in [0, 0.1) is 0 Å². The van der Waals surface area contributed by atoms with Gasteiger partial charge in [0.15, 0.2) is 11.1 Å². The van der Waals surface area contributed by atoms with Crippen molar-refractivity contribution in [2.24, 2.45) is 0 Å². The molecular formula is C11H19N3O4S. The number of methoxy groups -OCH3 is 1. The molecule has 0 aliphatic rings. The molecule has 0 aliphatic heterocycles. The molecule has 1 atom stereocenters. The molecule has 0 saturated heterocycles. The van der Waals surface area contributed by atoms with E-state index >= 15 is 0 Å². The highest BCUT2D eigenvalue weighted by molar-refractivity contribution is 7.94. The maximum Gasteiger partial charge on any atom is 0.325 e. The van der Waals surface area contributed by atoms with Crippen LogP contribution in [-0.2, 0) is 25.0 Å². The first-order valence-corrected chi connectivity index (χ1v) is 7.28. The van der Waals surface area contributed by atoms with Gasteiger partial charge >= 0.3 is 5.97 Å². The summed E-state index contributed by atoms with van der Waals surface area (Å²) in [5, 5.41) is 5.33. The molecule has 0 aliphatic carbocycles. The number of sulfonamides is 1. The van der Waals surface area contributed by atoms with Crippen molar-refractivity contribution >= 4 is 21.8 Å². The summed E-state index contributed by atoms with van der Waals surface area (Å²) < 4.78 is 30.5. The molecule has 1 heterocycles. The molecule has 2 N–H and O–H groups in total. The molecule has 1 aromatic rings. The van der Waals surface area contributed by atoms with Crippen molar-refractivity contribution in [3.63, 3.8) is 0 Å². The van der Waals surface area contributed by atoms with Gasteiger partial charge in [0, 0.05) is 17.2 Å². The maximum absolute atomic E-state index is 11.9. The van der Waals surface area contributed by atoms with Gasteiger partial charge in [-0.05, 0) is 6.92 Å². The van der Waals surface area contributed by atoms with Crippen LogP contribution in [0.15, 0.2) is 6.07 Å². The summed E-state index contributed by atoms with van der Waals surface area (Å²) in [6.07, 6.45) is 0. The number of esters is 1.